The molecule has 48 valence electrons. The van der Waals surface area contributed by atoms with E-state index in [4.69, 9.17) is 10.5 Å². The number of rotatable bonds is 0. The van der Waals surface area contributed by atoms with Crippen LogP contribution in [0.2, 0.25) is 0 Å². The minimum atomic E-state index is -0.694. The van der Waals surface area contributed by atoms with Crippen molar-refractivity contribution < 1.29 is 0 Å². The number of hydrogen-bond acceptors (Lipinski definition) is 3. The van der Waals surface area contributed by atoms with E-state index in [1.165, 1.54) is 0 Å². The molecule has 1 aliphatic heterocycles. The van der Waals surface area contributed by atoms with Gasteiger partial charge in [-0.05, 0) is 0 Å². The van der Waals surface area contributed by atoms with Gasteiger partial charge in [-0.25, -0.2) is 0 Å². The molecule has 0 aliphatic carbocycles. The zero-order chi connectivity index (χ0) is 6.04. The Labute approximate surface area is 59.7 Å². The molecule has 0 aromatic carbocycles. The summed E-state index contributed by atoms with van der Waals surface area (Å²) in [6.07, 6.45) is 0. The molecule has 1 N–H and O–H groups in total. The Hall–Kier alpha value is -0.770. The highest BCUT2D eigenvalue weighted by atomic mass is 35.5. The minimum absolute atomic E-state index is 0. The van der Waals surface area contributed by atoms with Crippen LogP contribution >= 0.6 is 12.4 Å². The van der Waals surface area contributed by atoms with E-state index >= 15 is 0 Å². The van der Waals surface area contributed by atoms with Gasteiger partial charge in [-0.15, -0.1) is 12.4 Å². The van der Waals surface area contributed by atoms with Crippen molar-refractivity contribution in [2.45, 2.75) is 0 Å². The molecule has 1 rings (SSSR count). The summed E-state index contributed by atoms with van der Waals surface area (Å²) < 4.78 is 0. The molecule has 1 aliphatic rings. The van der Waals surface area contributed by atoms with Crippen molar-refractivity contribution in [3.05, 3.63) is 0 Å². The normalized spacial score (nSPS) is 19.8. The standard InChI is InChI=1S/C5H5N3.ClH/c6-1-5(2-7)3-8-4-5;/h8H,3-4H2;1H. The van der Waals surface area contributed by atoms with Crippen LogP contribution in [0.3, 0.4) is 0 Å². The van der Waals surface area contributed by atoms with Gasteiger partial charge in [-0.1, -0.05) is 0 Å². The SMILES string of the molecule is Cl.N#CC1(C#N)CNC1. The second-order valence-corrected chi connectivity index (χ2v) is 1.91. The number of halogens is 1. The van der Waals surface area contributed by atoms with Crippen molar-refractivity contribution in [2.24, 2.45) is 5.41 Å². The molecule has 3 nitrogen and oxygen atoms in total. The van der Waals surface area contributed by atoms with E-state index in [0.29, 0.717) is 13.1 Å². The van der Waals surface area contributed by atoms with Gasteiger partial charge in [0, 0.05) is 13.1 Å². The number of nitrogens with one attached hydrogen (secondary N) is 1. The molecule has 0 spiro atoms. The zero-order valence-electron chi connectivity index (χ0n) is 4.72. The fraction of sp³-hybridized carbons (Fsp3) is 0.600. The molecule has 1 saturated heterocycles. The van der Waals surface area contributed by atoms with E-state index in [1.807, 2.05) is 12.1 Å². The molecule has 0 saturated carbocycles. The van der Waals surface area contributed by atoms with Crippen LogP contribution in [-0.4, -0.2) is 13.1 Å². The quantitative estimate of drug-likeness (QED) is 0.521. The highest BCUT2D eigenvalue weighted by Crippen LogP contribution is 2.18. The summed E-state index contributed by atoms with van der Waals surface area (Å²) in [5, 5.41) is 19.5. The van der Waals surface area contributed by atoms with Crippen LogP contribution in [-0.2, 0) is 0 Å². The van der Waals surface area contributed by atoms with E-state index in [2.05, 4.69) is 5.32 Å². The van der Waals surface area contributed by atoms with Crippen LogP contribution in [0.1, 0.15) is 0 Å². The summed E-state index contributed by atoms with van der Waals surface area (Å²) in [5.74, 6) is 0. The average molecular weight is 144 g/mol. The summed E-state index contributed by atoms with van der Waals surface area (Å²) in [7, 11) is 0. The second kappa shape index (κ2) is 2.68. The second-order valence-electron chi connectivity index (χ2n) is 1.91. The van der Waals surface area contributed by atoms with Crippen LogP contribution in [0.5, 0.6) is 0 Å². The van der Waals surface area contributed by atoms with Gasteiger partial charge in [-0.2, -0.15) is 10.5 Å². The lowest BCUT2D eigenvalue weighted by atomic mass is 9.86. The Balaban J connectivity index is 0.000000640. The fourth-order valence-corrected chi connectivity index (χ4v) is 0.558. The van der Waals surface area contributed by atoms with Crippen LogP contribution in [0.15, 0.2) is 0 Å². The third-order valence-electron chi connectivity index (χ3n) is 1.28. The van der Waals surface area contributed by atoms with Crippen molar-refractivity contribution >= 4 is 12.4 Å². The monoisotopic (exact) mass is 143 g/mol. The summed E-state index contributed by atoms with van der Waals surface area (Å²) in [4.78, 5) is 0. The molecular weight excluding hydrogens is 138 g/mol. The van der Waals surface area contributed by atoms with E-state index in [0.717, 1.165) is 0 Å². The van der Waals surface area contributed by atoms with Gasteiger partial charge in [0.2, 0.25) is 0 Å². The van der Waals surface area contributed by atoms with Crippen molar-refractivity contribution in [3.63, 3.8) is 0 Å². The summed E-state index contributed by atoms with van der Waals surface area (Å²) >= 11 is 0. The first-order valence-electron chi connectivity index (χ1n) is 2.36. The predicted octanol–water partition coefficient (Wildman–Crippen LogP) is 0.0450. The van der Waals surface area contributed by atoms with Gasteiger partial charge in [0.1, 0.15) is 0 Å². The van der Waals surface area contributed by atoms with E-state index in [9.17, 15) is 0 Å². The van der Waals surface area contributed by atoms with Crippen LogP contribution in [0.25, 0.3) is 0 Å². The highest BCUT2D eigenvalue weighted by molar-refractivity contribution is 5.85. The van der Waals surface area contributed by atoms with Gasteiger partial charge in [0.05, 0.1) is 12.1 Å². The molecule has 0 unspecified atom stereocenters. The van der Waals surface area contributed by atoms with Gasteiger partial charge < -0.3 is 5.32 Å². The summed E-state index contributed by atoms with van der Waals surface area (Å²) in [6.45, 7) is 1.06. The first-order valence-corrected chi connectivity index (χ1v) is 2.36. The molecular formula is C5H6ClN3. The Kier molecular flexibility index (Phi) is 2.45. The Morgan fingerprint density at radius 1 is 1.22 bits per heavy atom. The maximum Gasteiger partial charge on any atom is 0.168 e. The van der Waals surface area contributed by atoms with E-state index in [-0.39, 0.29) is 12.4 Å². The molecule has 0 aromatic rings. The van der Waals surface area contributed by atoms with E-state index in [1.54, 1.807) is 0 Å². The summed E-state index contributed by atoms with van der Waals surface area (Å²) in [6, 6.07) is 3.88. The van der Waals surface area contributed by atoms with Crippen molar-refractivity contribution in [1.82, 2.24) is 5.32 Å². The molecule has 0 amide bonds. The molecule has 0 aromatic heterocycles. The molecule has 0 bridgehead atoms. The molecule has 1 fully saturated rings. The Morgan fingerprint density at radius 3 is 1.67 bits per heavy atom. The lowest BCUT2D eigenvalue weighted by molar-refractivity contribution is 0.333. The van der Waals surface area contributed by atoms with Crippen LogP contribution in [0, 0.1) is 28.1 Å². The first-order chi connectivity index (χ1) is 3.83. The molecule has 0 atom stereocenters. The fourth-order valence-electron chi connectivity index (χ4n) is 0.558. The number of nitriles is 2. The maximum atomic E-state index is 8.32. The maximum absolute atomic E-state index is 8.32. The van der Waals surface area contributed by atoms with Crippen molar-refractivity contribution in [3.8, 4) is 12.1 Å². The zero-order valence-corrected chi connectivity index (χ0v) is 5.53. The van der Waals surface area contributed by atoms with Crippen LogP contribution < -0.4 is 5.32 Å². The summed E-state index contributed by atoms with van der Waals surface area (Å²) in [5.41, 5.74) is -0.694. The predicted molar refractivity (Wildman–Crippen MR) is 33.8 cm³/mol. The Morgan fingerprint density at radius 2 is 1.67 bits per heavy atom. The number of nitrogens with zero attached hydrogens (tertiary/aromatic N) is 2. The average Bonchev–Trinajstić information content (AvgIpc) is 1.67. The smallest absolute Gasteiger partial charge is 0.168 e. The van der Waals surface area contributed by atoms with E-state index < -0.39 is 5.41 Å². The first kappa shape index (κ1) is 8.23. The van der Waals surface area contributed by atoms with Gasteiger partial charge in [0.15, 0.2) is 5.41 Å². The topological polar surface area (TPSA) is 59.6 Å². The minimum Gasteiger partial charge on any atom is -0.311 e. The molecule has 9 heavy (non-hydrogen) atoms. The van der Waals surface area contributed by atoms with Crippen molar-refractivity contribution in [1.29, 1.82) is 10.5 Å². The highest BCUT2D eigenvalue weighted by Gasteiger charge is 2.36. The lowest BCUT2D eigenvalue weighted by Crippen LogP contribution is -2.51. The molecule has 1 heterocycles. The van der Waals surface area contributed by atoms with Crippen molar-refractivity contribution in [2.75, 3.05) is 13.1 Å². The van der Waals surface area contributed by atoms with Crippen LogP contribution in [0.4, 0.5) is 0 Å². The lowest BCUT2D eigenvalue weighted by Gasteiger charge is -2.28. The third-order valence-corrected chi connectivity index (χ3v) is 1.28. The van der Waals surface area contributed by atoms with Gasteiger partial charge in [0.25, 0.3) is 0 Å². The Bertz CT molecular complexity index is 156. The van der Waals surface area contributed by atoms with Gasteiger partial charge >= 0.3 is 0 Å². The molecule has 0 radical (unpaired) electrons. The molecule has 4 heteroatoms. The largest absolute Gasteiger partial charge is 0.311 e. The third kappa shape index (κ3) is 1.13. The van der Waals surface area contributed by atoms with Gasteiger partial charge in [-0.3, -0.25) is 0 Å². The number of hydrogen-bond donors (Lipinski definition) is 1.